The first kappa shape index (κ1) is 10.5. The number of ether oxygens (including phenoxy) is 1. The molecule has 0 radical (unpaired) electrons. The highest BCUT2D eigenvalue weighted by atomic mass is 19.1. The lowest BCUT2D eigenvalue weighted by molar-refractivity contribution is -0.0308. The Morgan fingerprint density at radius 1 is 1.60 bits per heavy atom. The molecule has 1 aliphatic heterocycles. The van der Waals surface area contributed by atoms with Gasteiger partial charge in [0.15, 0.2) is 0 Å². The van der Waals surface area contributed by atoms with E-state index in [2.05, 4.69) is 5.32 Å². The number of aliphatic hydroxyl groups is 1. The number of hydrogen-bond donors (Lipinski definition) is 2. The Labute approximate surface area is 87.9 Å². The predicted molar refractivity (Wildman–Crippen MR) is 54.0 cm³/mol. The average molecular weight is 211 g/mol. The molecular formula is C11H14FNO2. The molecule has 0 fully saturated rings. The molecule has 2 N–H and O–H groups in total. The second kappa shape index (κ2) is 4.26. The minimum Gasteiger partial charge on any atom is -0.386 e. The molecule has 0 aromatic heterocycles. The maximum Gasteiger partial charge on any atom is 0.129 e. The van der Waals surface area contributed by atoms with Crippen molar-refractivity contribution in [2.45, 2.75) is 12.2 Å². The van der Waals surface area contributed by atoms with E-state index >= 15 is 0 Å². The molecule has 2 atom stereocenters. The monoisotopic (exact) mass is 211 g/mol. The van der Waals surface area contributed by atoms with Gasteiger partial charge < -0.3 is 15.2 Å². The van der Waals surface area contributed by atoms with E-state index in [0.717, 1.165) is 0 Å². The first-order valence-electron chi connectivity index (χ1n) is 4.96. The first-order valence-corrected chi connectivity index (χ1v) is 4.96. The third kappa shape index (κ3) is 1.88. The predicted octanol–water partition coefficient (Wildman–Crippen LogP) is 1.15. The zero-order chi connectivity index (χ0) is 10.8. The van der Waals surface area contributed by atoms with E-state index in [1.807, 2.05) is 0 Å². The fourth-order valence-corrected chi connectivity index (χ4v) is 1.91. The number of likely N-dealkylation sites (N-methyl/N-ethyl adjacent to an activating group) is 1. The molecule has 1 aromatic carbocycles. The topological polar surface area (TPSA) is 41.5 Å². The van der Waals surface area contributed by atoms with Gasteiger partial charge in [0, 0.05) is 12.1 Å². The Hall–Kier alpha value is -0.970. The van der Waals surface area contributed by atoms with Crippen LogP contribution in [-0.2, 0) is 4.74 Å². The lowest BCUT2D eigenvalue weighted by Crippen LogP contribution is -2.28. The van der Waals surface area contributed by atoms with E-state index in [1.54, 1.807) is 19.2 Å². The Bertz CT molecular complexity index is 356. The van der Waals surface area contributed by atoms with E-state index in [1.165, 1.54) is 6.07 Å². The fourth-order valence-electron chi connectivity index (χ4n) is 1.91. The summed E-state index contributed by atoms with van der Waals surface area (Å²) in [4.78, 5) is 0. The van der Waals surface area contributed by atoms with Crippen molar-refractivity contribution in [2.75, 3.05) is 20.2 Å². The summed E-state index contributed by atoms with van der Waals surface area (Å²) in [5, 5.41) is 12.6. The van der Waals surface area contributed by atoms with Crippen molar-refractivity contribution in [1.29, 1.82) is 0 Å². The van der Waals surface area contributed by atoms with Gasteiger partial charge in [-0.1, -0.05) is 12.1 Å². The molecule has 0 bridgehead atoms. The lowest BCUT2D eigenvalue weighted by atomic mass is 9.95. The van der Waals surface area contributed by atoms with E-state index in [-0.39, 0.29) is 18.5 Å². The number of halogens is 1. The third-order valence-corrected chi connectivity index (χ3v) is 2.61. The Kier molecular flexibility index (Phi) is 3.00. The summed E-state index contributed by atoms with van der Waals surface area (Å²) in [6.45, 7) is 0.767. The van der Waals surface area contributed by atoms with E-state index in [0.29, 0.717) is 17.7 Å². The summed E-state index contributed by atoms with van der Waals surface area (Å²) >= 11 is 0. The number of benzene rings is 1. The van der Waals surface area contributed by atoms with Gasteiger partial charge in [-0.05, 0) is 18.7 Å². The Morgan fingerprint density at radius 3 is 3.13 bits per heavy atom. The molecule has 4 heteroatoms. The highest BCUT2D eigenvalue weighted by Crippen LogP contribution is 2.33. The molecule has 2 rings (SSSR count). The standard InChI is InChI=1S/C11H14FNO2/c1-13-5-10-11-7(9(14)6-15-10)3-2-4-8(11)12/h2-4,9-10,13-14H,5-6H2,1H3/t9-,10-/m0/s1. The molecule has 82 valence electrons. The van der Waals surface area contributed by atoms with Gasteiger partial charge in [-0.2, -0.15) is 0 Å². The number of nitrogens with one attached hydrogen (secondary N) is 1. The Morgan fingerprint density at radius 2 is 2.40 bits per heavy atom. The molecule has 0 aliphatic carbocycles. The normalized spacial score (nSPS) is 25.0. The number of hydrogen-bond acceptors (Lipinski definition) is 3. The van der Waals surface area contributed by atoms with Crippen molar-refractivity contribution in [3.8, 4) is 0 Å². The van der Waals surface area contributed by atoms with Crippen LogP contribution in [0.15, 0.2) is 18.2 Å². The van der Waals surface area contributed by atoms with Gasteiger partial charge in [0.25, 0.3) is 0 Å². The summed E-state index contributed by atoms with van der Waals surface area (Å²) in [5.74, 6) is -0.313. The highest BCUT2D eigenvalue weighted by Gasteiger charge is 2.28. The van der Waals surface area contributed by atoms with Gasteiger partial charge in [-0.25, -0.2) is 4.39 Å². The van der Waals surface area contributed by atoms with Crippen LogP contribution in [0.1, 0.15) is 23.3 Å². The van der Waals surface area contributed by atoms with Gasteiger partial charge in [0.2, 0.25) is 0 Å². The summed E-state index contributed by atoms with van der Waals surface area (Å²) in [6.07, 6.45) is -1.03. The van der Waals surface area contributed by atoms with Crippen molar-refractivity contribution >= 4 is 0 Å². The van der Waals surface area contributed by atoms with E-state index < -0.39 is 6.10 Å². The van der Waals surface area contributed by atoms with Crippen LogP contribution in [0.2, 0.25) is 0 Å². The largest absolute Gasteiger partial charge is 0.386 e. The second-order valence-electron chi connectivity index (χ2n) is 3.64. The molecule has 0 saturated carbocycles. The van der Waals surface area contributed by atoms with Gasteiger partial charge in [-0.3, -0.25) is 0 Å². The minimum atomic E-state index is -0.719. The van der Waals surface area contributed by atoms with Crippen LogP contribution in [0.5, 0.6) is 0 Å². The van der Waals surface area contributed by atoms with Crippen molar-refractivity contribution in [3.05, 3.63) is 35.1 Å². The van der Waals surface area contributed by atoms with Crippen molar-refractivity contribution < 1.29 is 14.2 Å². The first-order chi connectivity index (χ1) is 7.24. The summed E-state index contributed by atoms with van der Waals surface area (Å²) in [7, 11) is 1.79. The van der Waals surface area contributed by atoms with E-state index in [4.69, 9.17) is 4.74 Å². The molecular weight excluding hydrogens is 197 g/mol. The average Bonchev–Trinajstić information content (AvgIpc) is 2.23. The van der Waals surface area contributed by atoms with Gasteiger partial charge >= 0.3 is 0 Å². The molecule has 1 aliphatic rings. The van der Waals surface area contributed by atoms with Crippen LogP contribution in [0.3, 0.4) is 0 Å². The molecule has 0 unspecified atom stereocenters. The zero-order valence-electron chi connectivity index (χ0n) is 8.53. The quantitative estimate of drug-likeness (QED) is 0.771. The summed E-state index contributed by atoms with van der Waals surface area (Å²) < 4.78 is 19.0. The molecule has 3 nitrogen and oxygen atoms in total. The molecule has 1 heterocycles. The van der Waals surface area contributed by atoms with Crippen LogP contribution in [0.4, 0.5) is 4.39 Å². The van der Waals surface area contributed by atoms with Crippen LogP contribution < -0.4 is 5.32 Å². The SMILES string of the molecule is CNC[C@@H]1OC[C@H](O)c2cccc(F)c21. The van der Waals surface area contributed by atoms with Crippen LogP contribution >= 0.6 is 0 Å². The number of rotatable bonds is 2. The van der Waals surface area contributed by atoms with Crippen molar-refractivity contribution in [1.82, 2.24) is 5.32 Å². The van der Waals surface area contributed by atoms with E-state index in [9.17, 15) is 9.50 Å². The smallest absolute Gasteiger partial charge is 0.129 e. The van der Waals surface area contributed by atoms with Gasteiger partial charge in [0.05, 0.1) is 12.7 Å². The van der Waals surface area contributed by atoms with Crippen molar-refractivity contribution in [2.24, 2.45) is 0 Å². The maximum atomic E-state index is 13.6. The lowest BCUT2D eigenvalue weighted by Gasteiger charge is -2.29. The van der Waals surface area contributed by atoms with Crippen LogP contribution in [0.25, 0.3) is 0 Å². The molecule has 0 spiro atoms. The van der Waals surface area contributed by atoms with Crippen LogP contribution in [-0.4, -0.2) is 25.3 Å². The van der Waals surface area contributed by atoms with Crippen molar-refractivity contribution in [3.63, 3.8) is 0 Å². The fraction of sp³-hybridized carbons (Fsp3) is 0.455. The molecule has 0 amide bonds. The zero-order valence-corrected chi connectivity index (χ0v) is 8.53. The van der Waals surface area contributed by atoms with Gasteiger partial charge in [-0.15, -0.1) is 0 Å². The molecule has 0 saturated heterocycles. The van der Waals surface area contributed by atoms with Gasteiger partial charge in [0.1, 0.15) is 11.9 Å². The number of fused-ring (bicyclic) bond motifs is 1. The highest BCUT2D eigenvalue weighted by molar-refractivity contribution is 5.34. The summed E-state index contributed by atoms with van der Waals surface area (Å²) in [6, 6.07) is 4.75. The Balaban J connectivity index is 2.42. The minimum absolute atomic E-state index is 0.225. The molecule has 1 aromatic rings. The third-order valence-electron chi connectivity index (χ3n) is 2.61. The summed E-state index contributed by atoms with van der Waals surface area (Å²) in [5.41, 5.74) is 1.12. The van der Waals surface area contributed by atoms with Crippen LogP contribution in [0, 0.1) is 5.82 Å². The molecule has 15 heavy (non-hydrogen) atoms. The number of aliphatic hydroxyl groups excluding tert-OH is 1. The maximum absolute atomic E-state index is 13.6. The second-order valence-corrected chi connectivity index (χ2v) is 3.64.